The van der Waals surface area contributed by atoms with Crippen LogP contribution in [0.1, 0.15) is 48.1 Å². The number of aromatic nitrogens is 1. The molecule has 5 heteroatoms. The maximum absolute atomic E-state index is 12.4. The van der Waals surface area contributed by atoms with Crippen LogP contribution >= 0.6 is 11.3 Å². The molecule has 1 aliphatic rings. The molecule has 0 bridgehead atoms. The number of thiazole rings is 1. The van der Waals surface area contributed by atoms with Crippen LogP contribution in [0.4, 0.5) is 0 Å². The molecule has 1 unspecified atom stereocenters. The monoisotopic (exact) mass is 266 g/mol. The van der Waals surface area contributed by atoms with Crippen molar-refractivity contribution in [2.75, 3.05) is 6.54 Å². The second-order valence-corrected chi connectivity index (χ2v) is 5.87. The lowest BCUT2D eigenvalue weighted by Crippen LogP contribution is -2.44. The van der Waals surface area contributed by atoms with Crippen LogP contribution in [0.3, 0.4) is 0 Å². The summed E-state index contributed by atoms with van der Waals surface area (Å²) in [5.41, 5.74) is 0.521. The maximum atomic E-state index is 12.4. The van der Waals surface area contributed by atoms with E-state index in [1.54, 1.807) is 12.3 Å². The summed E-state index contributed by atoms with van der Waals surface area (Å²) in [7, 11) is 0. The number of carbonyl (C=O) groups excluding carboxylic acids is 2. The Labute approximate surface area is 111 Å². The minimum atomic E-state index is -0.0229. The number of aryl methyl sites for hydroxylation is 1. The number of hydrogen-bond donors (Lipinski definition) is 0. The Balaban J connectivity index is 2.13. The lowest BCUT2D eigenvalue weighted by Gasteiger charge is -2.34. The van der Waals surface area contributed by atoms with E-state index in [1.165, 1.54) is 11.3 Å². The van der Waals surface area contributed by atoms with E-state index in [0.29, 0.717) is 12.1 Å². The summed E-state index contributed by atoms with van der Waals surface area (Å²) in [4.78, 5) is 29.7. The number of likely N-dealkylation sites (tertiary alicyclic amines) is 1. The van der Waals surface area contributed by atoms with E-state index in [9.17, 15) is 9.59 Å². The molecule has 1 fully saturated rings. The first-order chi connectivity index (χ1) is 8.58. The third kappa shape index (κ3) is 2.96. The van der Waals surface area contributed by atoms with Crippen LogP contribution in [0.5, 0.6) is 0 Å². The molecule has 1 amide bonds. The van der Waals surface area contributed by atoms with Crippen LogP contribution in [0.25, 0.3) is 0 Å². The molecule has 4 nitrogen and oxygen atoms in total. The van der Waals surface area contributed by atoms with Crippen LogP contribution < -0.4 is 0 Å². The molecule has 1 saturated heterocycles. The van der Waals surface area contributed by atoms with Gasteiger partial charge in [-0.05, 0) is 33.1 Å². The Bertz CT molecular complexity index is 456. The summed E-state index contributed by atoms with van der Waals surface area (Å²) in [5.74, 6) is 0.124. The minimum absolute atomic E-state index is 0.0229. The topological polar surface area (TPSA) is 50.3 Å². The van der Waals surface area contributed by atoms with Gasteiger partial charge in [-0.15, -0.1) is 11.3 Å². The summed E-state index contributed by atoms with van der Waals surface area (Å²) in [6.07, 6.45) is 3.50. The lowest BCUT2D eigenvalue weighted by molar-refractivity contribution is -0.118. The normalized spacial score (nSPS) is 19.9. The van der Waals surface area contributed by atoms with E-state index in [0.717, 1.165) is 30.8 Å². The molecule has 2 rings (SSSR count). The minimum Gasteiger partial charge on any atom is -0.334 e. The standard InChI is InChI=1S/C13H18N2O2S/c1-9(16)7-11-5-3-4-6-15(11)13(17)12-8-18-10(2)14-12/h8,11H,3-7H2,1-2H3. The largest absolute Gasteiger partial charge is 0.334 e. The molecular weight excluding hydrogens is 248 g/mol. The van der Waals surface area contributed by atoms with Gasteiger partial charge >= 0.3 is 0 Å². The average molecular weight is 266 g/mol. The molecule has 0 radical (unpaired) electrons. The molecule has 0 saturated carbocycles. The smallest absolute Gasteiger partial charge is 0.273 e. The Hall–Kier alpha value is -1.23. The molecule has 98 valence electrons. The second kappa shape index (κ2) is 5.61. The van der Waals surface area contributed by atoms with Crippen molar-refractivity contribution < 1.29 is 9.59 Å². The van der Waals surface area contributed by atoms with Crippen LogP contribution in [-0.4, -0.2) is 34.2 Å². The third-order valence-electron chi connectivity index (χ3n) is 3.25. The van der Waals surface area contributed by atoms with Crippen molar-refractivity contribution in [3.05, 3.63) is 16.1 Å². The van der Waals surface area contributed by atoms with Crippen molar-refractivity contribution in [1.82, 2.24) is 9.88 Å². The van der Waals surface area contributed by atoms with Crippen LogP contribution in [0.2, 0.25) is 0 Å². The van der Waals surface area contributed by atoms with Crippen LogP contribution in [0, 0.1) is 6.92 Å². The number of nitrogens with zero attached hydrogens (tertiary/aromatic N) is 2. The van der Waals surface area contributed by atoms with Crippen molar-refractivity contribution in [3.63, 3.8) is 0 Å². The first kappa shape index (κ1) is 13.2. The fraction of sp³-hybridized carbons (Fsp3) is 0.615. The summed E-state index contributed by atoms with van der Waals surface area (Å²) in [6.45, 7) is 4.22. The SMILES string of the molecule is CC(=O)CC1CCCCN1C(=O)c1csc(C)n1. The maximum Gasteiger partial charge on any atom is 0.273 e. The van der Waals surface area contributed by atoms with Gasteiger partial charge in [0.05, 0.1) is 5.01 Å². The van der Waals surface area contributed by atoms with Gasteiger partial charge in [-0.1, -0.05) is 0 Å². The molecule has 0 spiro atoms. The van der Waals surface area contributed by atoms with Gasteiger partial charge in [-0.3, -0.25) is 9.59 Å². The first-order valence-electron chi connectivity index (χ1n) is 6.30. The predicted molar refractivity (Wildman–Crippen MR) is 70.8 cm³/mol. The second-order valence-electron chi connectivity index (χ2n) is 4.81. The van der Waals surface area contributed by atoms with Gasteiger partial charge in [-0.25, -0.2) is 4.98 Å². The summed E-state index contributed by atoms with van der Waals surface area (Å²) in [5, 5.41) is 2.70. The van der Waals surface area contributed by atoms with E-state index in [4.69, 9.17) is 0 Å². The van der Waals surface area contributed by atoms with E-state index in [1.807, 2.05) is 11.8 Å². The number of piperidine rings is 1. The zero-order chi connectivity index (χ0) is 13.1. The fourth-order valence-corrected chi connectivity index (χ4v) is 3.01. The fourth-order valence-electron chi connectivity index (χ4n) is 2.42. The molecule has 0 N–H and O–H groups in total. The third-order valence-corrected chi connectivity index (χ3v) is 4.02. The number of Topliss-reactive ketones (excluding diaryl/α,β-unsaturated/α-hetero) is 1. The molecule has 1 aliphatic heterocycles. The Morgan fingerprint density at radius 1 is 1.50 bits per heavy atom. The van der Waals surface area contributed by atoms with Gasteiger partial charge in [0.2, 0.25) is 0 Å². The summed E-state index contributed by atoms with van der Waals surface area (Å²) >= 11 is 1.49. The molecule has 0 aromatic carbocycles. The predicted octanol–water partition coefficient (Wildman–Crippen LogP) is 2.43. The zero-order valence-corrected chi connectivity index (χ0v) is 11.6. The molecule has 1 atom stereocenters. The van der Waals surface area contributed by atoms with Gasteiger partial charge in [0.25, 0.3) is 5.91 Å². The van der Waals surface area contributed by atoms with E-state index < -0.39 is 0 Å². The van der Waals surface area contributed by atoms with E-state index in [2.05, 4.69) is 4.98 Å². The van der Waals surface area contributed by atoms with Gasteiger partial charge in [0, 0.05) is 24.4 Å². The van der Waals surface area contributed by atoms with Crippen molar-refractivity contribution in [2.45, 2.75) is 45.6 Å². The first-order valence-corrected chi connectivity index (χ1v) is 7.18. The number of rotatable bonds is 3. The Morgan fingerprint density at radius 3 is 2.89 bits per heavy atom. The van der Waals surface area contributed by atoms with Gasteiger partial charge in [-0.2, -0.15) is 0 Å². The Kier molecular flexibility index (Phi) is 4.11. The summed E-state index contributed by atoms with van der Waals surface area (Å²) < 4.78 is 0. The number of hydrogen-bond acceptors (Lipinski definition) is 4. The van der Waals surface area contributed by atoms with Crippen molar-refractivity contribution in [1.29, 1.82) is 0 Å². The van der Waals surface area contributed by atoms with Gasteiger partial charge in [0.15, 0.2) is 0 Å². The highest BCUT2D eigenvalue weighted by molar-refractivity contribution is 7.09. The van der Waals surface area contributed by atoms with Gasteiger partial charge < -0.3 is 4.90 Å². The van der Waals surface area contributed by atoms with E-state index in [-0.39, 0.29) is 17.7 Å². The van der Waals surface area contributed by atoms with Crippen molar-refractivity contribution in [3.8, 4) is 0 Å². The Morgan fingerprint density at radius 2 is 2.28 bits per heavy atom. The summed E-state index contributed by atoms with van der Waals surface area (Å²) in [6, 6.07) is 0.0609. The van der Waals surface area contributed by atoms with E-state index >= 15 is 0 Å². The molecular formula is C13H18N2O2S. The number of ketones is 1. The average Bonchev–Trinajstić information content (AvgIpc) is 2.75. The zero-order valence-electron chi connectivity index (χ0n) is 10.8. The molecule has 2 heterocycles. The quantitative estimate of drug-likeness (QED) is 0.844. The molecule has 0 aliphatic carbocycles. The molecule has 18 heavy (non-hydrogen) atoms. The number of amides is 1. The van der Waals surface area contributed by atoms with Crippen molar-refractivity contribution in [2.24, 2.45) is 0 Å². The number of carbonyl (C=O) groups is 2. The van der Waals surface area contributed by atoms with Crippen molar-refractivity contribution >= 4 is 23.0 Å². The molecule has 1 aromatic rings. The molecule has 1 aromatic heterocycles. The van der Waals surface area contributed by atoms with Gasteiger partial charge in [0.1, 0.15) is 11.5 Å². The highest BCUT2D eigenvalue weighted by atomic mass is 32.1. The highest BCUT2D eigenvalue weighted by Gasteiger charge is 2.29. The van der Waals surface area contributed by atoms with Crippen LogP contribution in [-0.2, 0) is 4.79 Å². The van der Waals surface area contributed by atoms with Crippen LogP contribution in [0.15, 0.2) is 5.38 Å². The highest BCUT2D eigenvalue weighted by Crippen LogP contribution is 2.22. The lowest BCUT2D eigenvalue weighted by atomic mass is 9.97.